The third kappa shape index (κ3) is 2.71. The predicted molar refractivity (Wildman–Crippen MR) is 97.3 cm³/mol. The van der Waals surface area contributed by atoms with E-state index in [1.807, 2.05) is 16.7 Å². The molecule has 5 heteroatoms. The number of benzene rings is 1. The van der Waals surface area contributed by atoms with E-state index in [0.29, 0.717) is 0 Å². The Bertz CT molecular complexity index is 770. The summed E-state index contributed by atoms with van der Waals surface area (Å²) in [6.07, 6.45) is 3.09. The number of aromatic nitrogens is 1. The average molecular weight is 341 g/mol. The van der Waals surface area contributed by atoms with Crippen molar-refractivity contribution in [3.63, 3.8) is 0 Å². The number of rotatable bonds is 1. The van der Waals surface area contributed by atoms with Gasteiger partial charge in [-0.15, -0.1) is 11.8 Å². The lowest BCUT2D eigenvalue weighted by Crippen LogP contribution is -2.47. The molecule has 126 valence electrons. The normalized spacial score (nSPS) is 22.7. The van der Waals surface area contributed by atoms with Crippen LogP contribution >= 0.6 is 11.8 Å². The molecule has 0 spiro atoms. The highest BCUT2D eigenvalue weighted by Crippen LogP contribution is 2.37. The number of nitrogens with zero attached hydrogens (tertiary/aromatic N) is 2. The first-order chi connectivity index (χ1) is 11.6. The lowest BCUT2D eigenvalue weighted by Gasteiger charge is -2.36. The standard InChI is InChI=1S/C19H23N3OS/c1-13-5-6-18-15(12-13)16(7-11-24-18)20-19(23)22-10-9-21-8-3-4-17(21)14(22)2/h3-6,8,12,14,16H,7,9-11H2,1-2H3,(H,20,23). The van der Waals surface area contributed by atoms with Crippen LogP contribution in [0.15, 0.2) is 41.4 Å². The summed E-state index contributed by atoms with van der Waals surface area (Å²) >= 11 is 1.89. The fourth-order valence-electron chi connectivity index (χ4n) is 3.75. The minimum Gasteiger partial charge on any atom is -0.348 e. The second-order valence-electron chi connectivity index (χ2n) is 6.68. The topological polar surface area (TPSA) is 37.3 Å². The fraction of sp³-hybridized carbons (Fsp3) is 0.421. The lowest BCUT2D eigenvalue weighted by molar-refractivity contribution is 0.158. The molecule has 0 bridgehead atoms. The summed E-state index contributed by atoms with van der Waals surface area (Å²) in [4.78, 5) is 16.2. The molecule has 0 saturated carbocycles. The molecule has 4 rings (SSSR count). The van der Waals surface area contributed by atoms with E-state index in [0.717, 1.165) is 25.3 Å². The number of hydrogen-bond donors (Lipinski definition) is 1. The Morgan fingerprint density at radius 1 is 1.29 bits per heavy atom. The van der Waals surface area contributed by atoms with Crippen molar-refractivity contribution in [1.82, 2.24) is 14.8 Å². The summed E-state index contributed by atoms with van der Waals surface area (Å²) in [5, 5.41) is 3.29. The van der Waals surface area contributed by atoms with E-state index in [4.69, 9.17) is 0 Å². The molecule has 2 unspecified atom stereocenters. The van der Waals surface area contributed by atoms with Gasteiger partial charge in [0.25, 0.3) is 0 Å². The van der Waals surface area contributed by atoms with E-state index in [9.17, 15) is 4.79 Å². The van der Waals surface area contributed by atoms with Crippen LogP contribution in [0, 0.1) is 6.92 Å². The number of carbonyl (C=O) groups excluding carboxylic acids is 1. The van der Waals surface area contributed by atoms with Crippen molar-refractivity contribution >= 4 is 17.8 Å². The molecule has 0 radical (unpaired) electrons. The first-order valence-electron chi connectivity index (χ1n) is 8.59. The molecule has 2 aliphatic heterocycles. The van der Waals surface area contributed by atoms with Gasteiger partial charge in [-0.1, -0.05) is 17.7 Å². The van der Waals surface area contributed by atoms with Gasteiger partial charge in [0.05, 0.1) is 12.1 Å². The minimum absolute atomic E-state index is 0.0549. The van der Waals surface area contributed by atoms with Gasteiger partial charge in [-0.05, 0) is 44.0 Å². The Morgan fingerprint density at radius 3 is 3.04 bits per heavy atom. The number of fused-ring (bicyclic) bond motifs is 2. The number of carbonyl (C=O) groups is 1. The van der Waals surface area contributed by atoms with Crippen molar-refractivity contribution < 1.29 is 4.79 Å². The molecule has 2 atom stereocenters. The van der Waals surface area contributed by atoms with Gasteiger partial charge in [0.15, 0.2) is 0 Å². The molecule has 3 heterocycles. The van der Waals surface area contributed by atoms with Crippen LogP contribution in [0.3, 0.4) is 0 Å². The van der Waals surface area contributed by atoms with E-state index in [-0.39, 0.29) is 18.1 Å². The van der Waals surface area contributed by atoms with Gasteiger partial charge in [-0.3, -0.25) is 0 Å². The van der Waals surface area contributed by atoms with E-state index < -0.39 is 0 Å². The highest BCUT2D eigenvalue weighted by atomic mass is 32.2. The van der Waals surface area contributed by atoms with Crippen molar-refractivity contribution in [2.45, 2.75) is 43.8 Å². The van der Waals surface area contributed by atoms with Crippen LogP contribution in [0.2, 0.25) is 0 Å². The van der Waals surface area contributed by atoms with Gasteiger partial charge in [0.2, 0.25) is 0 Å². The number of urea groups is 1. The molecule has 24 heavy (non-hydrogen) atoms. The van der Waals surface area contributed by atoms with Crippen molar-refractivity contribution in [3.8, 4) is 0 Å². The second kappa shape index (κ2) is 6.20. The zero-order valence-electron chi connectivity index (χ0n) is 14.2. The zero-order chi connectivity index (χ0) is 16.7. The summed E-state index contributed by atoms with van der Waals surface area (Å²) < 4.78 is 2.24. The van der Waals surface area contributed by atoms with E-state index in [1.54, 1.807) is 0 Å². The summed E-state index contributed by atoms with van der Waals surface area (Å²) in [7, 11) is 0. The Balaban J connectivity index is 1.53. The maximum Gasteiger partial charge on any atom is 0.318 e. The van der Waals surface area contributed by atoms with Crippen molar-refractivity contribution in [2.75, 3.05) is 12.3 Å². The van der Waals surface area contributed by atoms with E-state index in [1.165, 1.54) is 21.7 Å². The average Bonchev–Trinajstić information content (AvgIpc) is 3.05. The van der Waals surface area contributed by atoms with Crippen LogP contribution in [-0.4, -0.2) is 27.8 Å². The third-order valence-corrected chi connectivity index (χ3v) is 6.23. The Kier molecular flexibility index (Phi) is 4.04. The molecular weight excluding hydrogens is 318 g/mol. The van der Waals surface area contributed by atoms with Crippen LogP contribution in [0.5, 0.6) is 0 Å². The molecule has 2 amide bonds. The van der Waals surface area contributed by atoms with Crippen LogP contribution in [0.4, 0.5) is 4.79 Å². The summed E-state index contributed by atoms with van der Waals surface area (Å²) in [5.41, 5.74) is 3.74. The molecule has 1 aromatic heterocycles. The minimum atomic E-state index is 0.0549. The zero-order valence-corrected chi connectivity index (χ0v) is 15.0. The quantitative estimate of drug-likeness (QED) is 0.847. The molecular formula is C19H23N3OS. The SMILES string of the molecule is Cc1ccc2c(c1)C(NC(=O)N1CCn3cccc3C1C)CCS2. The van der Waals surface area contributed by atoms with Gasteiger partial charge >= 0.3 is 6.03 Å². The number of nitrogens with one attached hydrogen (secondary N) is 1. The maximum absolute atomic E-state index is 12.9. The maximum atomic E-state index is 12.9. The molecule has 0 saturated heterocycles. The fourth-order valence-corrected chi connectivity index (χ4v) is 4.86. The molecule has 4 nitrogen and oxygen atoms in total. The van der Waals surface area contributed by atoms with Crippen molar-refractivity contribution in [1.29, 1.82) is 0 Å². The van der Waals surface area contributed by atoms with E-state index in [2.05, 4.69) is 60.3 Å². The lowest BCUT2D eigenvalue weighted by atomic mass is 10.0. The number of thioether (sulfide) groups is 1. The van der Waals surface area contributed by atoms with Crippen LogP contribution in [-0.2, 0) is 6.54 Å². The monoisotopic (exact) mass is 341 g/mol. The van der Waals surface area contributed by atoms with Crippen LogP contribution in [0.25, 0.3) is 0 Å². The van der Waals surface area contributed by atoms with Gasteiger partial charge in [0, 0.05) is 35.6 Å². The molecule has 1 N–H and O–H groups in total. The van der Waals surface area contributed by atoms with E-state index >= 15 is 0 Å². The van der Waals surface area contributed by atoms with Gasteiger partial charge < -0.3 is 14.8 Å². The summed E-state index contributed by atoms with van der Waals surface area (Å²) in [6.45, 7) is 5.85. The van der Waals surface area contributed by atoms with Crippen LogP contribution in [0.1, 0.15) is 42.2 Å². The van der Waals surface area contributed by atoms with Crippen molar-refractivity contribution in [3.05, 3.63) is 53.3 Å². The predicted octanol–water partition coefficient (Wildman–Crippen LogP) is 4.12. The molecule has 0 aliphatic carbocycles. The Hall–Kier alpha value is -1.88. The smallest absolute Gasteiger partial charge is 0.318 e. The molecule has 2 aromatic rings. The highest BCUT2D eigenvalue weighted by molar-refractivity contribution is 7.99. The third-order valence-electron chi connectivity index (χ3n) is 5.11. The summed E-state index contributed by atoms with van der Waals surface area (Å²) in [6, 6.07) is 11.0. The molecule has 0 fully saturated rings. The first-order valence-corrected chi connectivity index (χ1v) is 9.57. The van der Waals surface area contributed by atoms with Gasteiger partial charge in [0.1, 0.15) is 0 Å². The highest BCUT2D eigenvalue weighted by Gasteiger charge is 2.30. The van der Waals surface area contributed by atoms with Crippen molar-refractivity contribution in [2.24, 2.45) is 0 Å². The first kappa shape index (κ1) is 15.6. The number of aryl methyl sites for hydroxylation is 1. The number of amides is 2. The van der Waals surface area contributed by atoms with Gasteiger partial charge in [-0.25, -0.2) is 4.79 Å². The number of hydrogen-bond acceptors (Lipinski definition) is 2. The summed E-state index contributed by atoms with van der Waals surface area (Å²) in [5.74, 6) is 1.05. The van der Waals surface area contributed by atoms with Gasteiger partial charge in [-0.2, -0.15) is 0 Å². The molecule has 1 aromatic carbocycles. The largest absolute Gasteiger partial charge is 0.348 e. The second-order valence-corrected chi connectivity index (χ2v) is 7.81. The van der Waals surface area contributed by atoms with Crippen LogP contribution < -0.4 is 5.32 Å². The Morgan fingerprint density at radius 2 is 2.17 bits per heavy atom. The molecule has 2 aliphatic rings. The Labute approximate surface area is 147 Å².